The Balaban J connectivity index is 2.35. The highest BCUT2D eigenvalue weighted by molar-refractivity contribution is 9.10. The number of halogens is 1. The zero-order valence-corrected chi connectivity index (χ0v) is 13.0. The third-order valence-electron chi connectivity index (χ3n) is 3.25. The van der Waals surface area contributed by atoms with E-state index in [0.717, 1.165) is 41.8 Å². The zero-order valence-electron chi connectivity index (χ0n) is 11.4. The molecule has 0 spiro atoms. The molecule has 0 radical (unpaired) electrons. The van der Waals surface area contributed by atoms with Crippen molar-refractivity contribution in [2.45, 2.75) is 25.8 Å². The topological polar surface area (TPSA) is 30.5 Å². The van der Waals surface area contributed by atoms with Crippen molar-refractivity contribution < 1.29 is 9.47 Å². The Hall–Kier alpha value is -1.00. The maximum absolute atomic E-state index is 5.51. The molecule has 0 saturated carbocycles. The Morgan fingerprint density at radius 3 is 2.95 bits per heavy atom. The summed E-state index contributed by atoms with van der Waals surface area (Å²) >= 11 is 3.48. The SMILES string of the molecule is CCNC(C1=COCCC1)c1ccc(Br)cc1OC. The molecule has 4 heteroatoms. The Bertz CT molecular complexity index is 459. The molecule has 0 aromatic heterocycles. The minimum Gasteiger partial charge on any atom is -0.501 e. The molecule has 19 heavy (non-hydrogen) atoms. The van der Waals surface area contributed by atoms with Crippen molar-refractivity contribution in [3.8, 4) is 5.75 Å². The predicted molar refractivity (Wildman–Crippen MR) is 80.4 cm³/mol. The van der Waals surface area contributed by atoms with E-state index < -0.39 is 0 Å². The lowest BCUT2D eigenvalue weighted by atomic mass is 9.94. The van der Waals surface area contributed by atoms with Gasteiger partial charge in [-0.15, -0.1) is 0 Å². The van der Waals surface area contributed by atoms with Crippen LogP contribution in [0.3, 0.4) is 0 Å². The van der Waals surface area contributed by atoms with Crippen molar-refractivity contribution >= 4 is 15.9 Å². The average molecular weight is 326 g/mol. The summed E-state index contributed by atoms with van der Waals surface area (Å²) in [6.45, 7) is 3.84. The largest absolute Gasteiger partial charge is 0.501 e. The third-order valence-corrected chi connectivity index (χ3v) is 3.74. The standard InChI is InChI=1S/C15H20BrNO2/c1-3-17-15(11-5-4-8-19-10-11)13-7-6-12(16)9-14(13)18-2/h6-7,9-10,15,17H,3-5,8H2,1-2H3. The van der Waals surface area contributed by atoms with Gasteiger partial charge in [0, 0.05) is 10.0 Å². The highest BCUT2D eigenvalue weighted by Gasteiger charge is 2.21. The van der Waals surface area contributed by atoms with Crippen molar-refractivity contribution in [3.05, 3.63) is 40.1 Å². The normalized spacial score (nSPS) is 16.5. The minimum atomic E-state index is 0.161. The molecule has 1 heterocycles. The summed E-state index contributed by atoms with van der Waals surface area (Å²) < 4.78 is 12.0. The van der Waals surface area contributed by atoms with Crippen molar-refractivity contribution in [2.75, 3.05) is 20.3 Å². The van der Waals surface area contributed by atoms with Gasteiger partial charge in [0.05, 0.1) is 26.0 Å². The third kappa shape index (κ3) is 3.51. The molecule has 0 saturated heterocycles. The lowest BCUT2D eigenvalue weighted by Gasteiger charge is -2.25. The lowest BCUT2D eigenvalue weighted by molar-refractivity contribution is 0.219. The van der Waals surface area contributed by atoms with Crippen LogP contribution in [-0.4, -0.2) is 20.3 Å². The van der Waals surface area contributed by atoms with Gasteiger partial charge in [0.25, 0.3) is 0 Å². The smallest absolute Gasteiger partial charge is 0.125 e. The van der Waals surface area contributed by atoms with Crippen molar-refractivity contribution in [2.24, 2.45) is 0 Å². The molecule has 0 bridgehead atoms. The molecule has 1 atom stereocenters. The number of hydrogen-bond acceptors (Lipinski definition) is 3. The highest BCUT2D eigenvalue weighted by atomic mass is 79.9. The molecule has 3 nitrogen and oxygen atoms in total. The molecule has 2 rings (SSSR count). The molecule has 1 N–H and O–H groups in total. The fraction of sp³-hybridized carbons (Fsp3) is 0.467. The second-order valence-corrected chi connectivity index (χ2v) is 5.46. The van der Waals surface area contributed by atoms with Gasteiger partial charge in [-0.1, -0.05) is 28.9 Å². The van der Waals surface area contributed by atoms with Crippen molar-refractivity contribution in [1.29, 1.82) is 0 Å². The van der Waals surface area contributed by atoms with Crippen LogP contribution in [-0.2, 0) is 4.74 Å². The first-order chi connectivity index (χ1) is 9.26. The predicted octanol–water partition coefficient (Wildman–Crippen LogP) is 3.80. The molecular formula is C15H20BrNO2. The summed E-state index contributed by atoms with van der Waals surface area (Å²) in [7, 11) is 1.71. The number of benzene rings is 1. The van der Waals surface area contributed by atoms with Crippen LogP contribution in [0.25, 0.3) is 0 Å². The Labute approximate surface area is 123 Å². The first kappa shape index (κ1) is 14.4. The van der Waals surface area contributed by atoms with Crippen LogP contribution < -0.4 is 10.1 Å². The van der Waals surface area contributed by atoms with Crippen molar-refractivity contribution in [3.63, 3.8) is 0 Å². The molecule has 1 unspecified atom stereocenters. The molecule has 104 valence electrons. The molecule has 0 amide bonds. The summed E-state index contributed by atoms with van der Waals surface area (Å²) in [5.74, 6) is 0.895. The molecule has 1 aliphatic rings. The summed E-state index contributed by atoms with van der Waals surface area (Å²) in [5.41, 5.74) is 2.44. The van der Waals surface area contributed by atoms with Crippen LogP contribution in [0.15, 0.2) is 34.5 Å². The molecule has 0 aliphatic carbocycles. The molecule has 1 aromatic rings. The maximum Gasteiger partial charge on any atom is 0.125 e. The number of likely N-dealkylation sites (N-methyl/N-ethyl adjacent to an activating group) is 1. The highest BCUT2D eigenvalue weighted by Crippen LogP contribution is 2.34. The van der Waals surface area contributed by atoms with Gasteiger partial charge in [0.15, 0.2) is 0 Å². The number of ether oxygens (including phenoxy) is 2. The second-order valence-electron chi connectivity index (χ2n) is 4.54. The van der Waals surface area contributed by atoms with Gasteiger partial charge in [-0.2, -0.15) is 0 Å². The quantitative estimate of drug-likeness (QED) is 0.893. The van der Waals surface area contributed by atoms with E-state index in [9.17, 15) is 0 Å². The number of hydrogen-bond donors (Lipinski definition) is 1. The zero-order chi connectivity index (χ0) is 13.7. The van der Waals surface area contributed by atoms with Crippen LogP contribution in [0.4, 0.5) is 0 Å². The second kappa shape index (κ2) is 6.96. The summed E-state index contributed by atoms with van der Waals surface area (Å²) in [6.07, 6.45) is 4.04. The van der Waals surface area contributed by atoms with Crippen LogP contribution in [0, 0.1) is 0 Å². The van der Waals surface area contributed by atoms with E-state index >= 15 is 0 Å². The first-order valence-corrected chi connectivity index (χ1v) is 7.43. The van der Waals surface area contributed by atoms with Crippen LogP contribution in [0.2, 0.25) is 0 Å². The van der Waals surface area contributed by atoms with Gasteiger partial charge >= 0.3 is 0 Å². The van der Waals surface area contributed by atoms with Crippen LogP contribution >= 0.6 is 15.9 Å². The minimum absolute atomic E-state index is 0.161. The van der Waals surface area contributed by atoms with Gasteiger partial charge in [-0.25, -0.2) is 0 Å². The summed E-state index contributed by atoms with van der Waals surface area (Å²) in [5, 5.41) is 3.52. The summed E-state index contributed by atoms with van der Waals surface area (Å²) in [6, 6.07) is 6.32. The number of nitrogens with one attached hydrogen (secondary N) is 1. The van der Waals surface area contributed by atoms with Gasteiger partial charge < -0.3 is 14.8 Å². The van der Waals surface area contributed by atoms with E-state index in [2.05, 4.69) is 34.2 Å². The maximum atomic E-state index is 5.51. The molecule has 1 aromatic carbocycles. The van der Waals surface area contributed by atoms with Crippen molar-refractivity contribution in [1.82, 2.24) is 5.32 Å². The Kier molecular flexibility index (Phi) is 5.28. The van der Waals surface area contributed by atoms with Gasteiger partial charge in [-0.3, -0.25) is 0 Å². The monoisotopic (exact) mass is 325 g/mol. The molecule has 0 fully saturated rings. The van der Waals surface area contributed by atoms with E-state index in [0.29, 0.717) is 0 Å². The van der Waals surface area contributed by atoms with E-state index in [1.165, 1.54) is 5.57 Å². The number of methoxy groups -OCH3 is 1. The van der Waals surface area contributed by atoms with E-state index in [4.69, 9.17) is 9.47 Å². The fourth-order valence-electron chi connectivity index (χ4n) is 2.37. The average Bonchev–Trinajstić information content (AvgIpc) is 2.46. The fourth-order valence-corrected chi connectivity index (χ4v) is 2.71. The van der Waals surface area contributed by atoms with Crippen LogP contribution in [0.1, 0.15) is 31.4 Å². The molecule has 1 aliphatic heterocycles. The van der Waals surface area contributed by atoms with E-state index in [-0.39, 0.29) is 6.04 Å². The van der Waals surface area contributed by atoms with E-state index in [1.54, 1.807) is 7.11 Å². The lowest BCUT2D eigenvalue weighted by Crippen LogP contribution is -2.24. The van der Waals surface area contributed by atoms with Gasteiger partial charge in [0.2, 0.25) is 0 Å². The Morgan fingerprint density at radius 1 is 1.47 bits per heavy atom. The molecular weight excluding hydrogens is 306 g/mol. The van der Waals surface area contributed by atoms with Gasteiger partial charge in [-0.05, 0) is 37.1 Å². The number of rotatable bonds is 5. The van der Waals surface area contributed by atoms with Crippen LogP contribution in [0.5, 0.6) is 5.75 Å². The Morgan fingerprint density at radius 2 is 2.32 bits per heavy atom. The van der Waals surface area contributed by atoms with E-state index in [1.807, 2.05) is 18.4 Å². The summed E-state index contributed by atoms with van der Waals surface area (Å²) in [4.78, 5) is 0. The first-order valence-electron chi connectivity index (χ1n) is 6.63. The van der Waals surface area contributed by atoms with Gasteiger partial charge in [0.1, 0.15) is 5.75 Å².